The lowest BCUT2D eigenvalue weighted by atomic mass is 9.77. The van der Waals surface area contributed by atoms with Gasteiger partial charge in [-0.3, -0.25) is 0 Å². The summed E-state index contributed by atoms with van der Waals surface area (Å²) in [6, 6.07) is 9.56. The maximum atomic E-state index is 13.4. The van der Waals surface area contributed by atoms with Crippen LogP contribution in [0.5, 0.6) is 0 Å². The first-order chi connectivity index (χ1) is 13.4. The van der Waals surface area contributed by atoms with Crippen molar-refractivity contribution in [1.29, 1.82) is 0 Å². The predicted molar refractivity (Wildman–Crippen MR) is 101 cm³/mol. The van der Waals surface area contributed by atoms with Crippen molar-refractivity contribution in [3.63, 3.8) is 0 Å². The highest BCUT2D eigenvalue weighted by Gasteiger charge is 2.22. The van der Waals surface area contributed by atoms with E-state index >= 15 is 0 Å². The summed E-state index contributed by atoms with van der Waals surface area (Å²) in [6.45, 7) is 0. The Morgan fingerprint density at radius 2 is 1.46 bits per heavy atom. The first-order valence-electron chi connectivity index (χ1n) is 9.70. The number of halogens is 5. The molecule has 0 radical (unpaired) electrons. The Morgan fingerprint density at radius 1 is 0.857 bits per heavy atom. The highest BCUT2D eigenvalue weighted by Crippen LogP contribution is 2.38. The predicted octanol–water partition coefficient (Wildman–Crippen LogP) is 8.00. The van der Waals surface area contributed by atoms with E-state index in [1.165, 1.54) is 5.56 Å². The third-order valence-corrected chi connectivity index (χ3v) is 5.66. The average Bonchev–Trinajstić information content (AvgIpc) is 2.69. The topological polar surface area (TPSA) is 0 Å². The summed E-state index contributed by atoms with van der Waals surface area (Å²) in [5.74, 6) is -2.81. The SMILES string of the molecule is FC(F)=CCCCC1CCC(c2ccc(-c3cc(F)c(F)c(F)c3)cc2)CC1. The molecule has 0 heterocycles. The minimum atomic E-state index is -1.60. The number of rotatable bonds is 6. The second-order valence-electron chi connectivity index (χ2n) is 7.52. The van der Waals surface area contributed by atoms with Crippen LogP contribution in [0.15, 0.2) is 48.6 Å². The molecule has 1 aliphatic carbocycles. The Balaban J connectivity index is 1.56. The number of unbranched alkanes of at least 4 members (excludes halogenated alkanes) is 1. The molecule has 0 atom stereocenters. The fourth-order valence-corrected chi connectivity index (χ4v) is 4.07. The summed E-state index contributed by atoms with van der Waals surface area (Å²) in [5, 5.41) is 0. The summed E-state index contributed by atoms with van der Waals surface area (Å²) in [6.07, 6.45) is 5.89. The van der Waals surface area contributed by atoms with Gasteiger partial charge in [0.1, 0.15) is 0 Å². The third-order valence-electron chi connectivity index (χ3n) is 5.66. The monoisotopic (exact) mass is 394 g/mol. The lowest BCUT2D eigenvalue weighted by Crippen LogP contribution is -2.13. The quantitative estimate of drug-likeness (QED) is 0.264. The van der Waals surface area contributed by atoms with Crippen LogP contribution in [0.4, 0.5) is 22.0 Å². The molecule has 3 rings (SSSR count). The zero-order valence-corrected chi connectivity index (χ0v) is 15.5. The lowest BCUT2D eigenvalue weighted by Gasteiger charge is -2.29. The van der Waals surface area contributed by atoms with Gasteiger partial charge < -0.3 is 0 Å². The minimum Gasteiger partial charge on any atom is -0.204 e. The largest absolute Gasteiger partial charge is 0.266 e. The van der Waals surface area contributed by atoms with Crippen molar-refractivity contribution in [2.24, 2.45) is 5.92 Å². The van der Waals surface area contributed by atoms with Gasteiger partial charge in [0.05, 0.1) is 0 Å². The molecule has 0 amide bonds. The summed E-state index contributed by atoms with van der Waals surface area (Å²) >= 11 is 0. The van der Waals surface area contributed by atoms with Crippen molar-refractivity contribution in [1.82, 2.24) is 0 Å². The average molecular weight is 394 g/mol. The van der Waals surface area contributed by atoms with E-state index in [1.807, 2.05) is 24.3 Å². The molecule has 0 saturated heterocycles. The van der Waals surface area contributed by atoms with Crippen molar-refractivity contribution in [2.75, 3.05) is 0 Å². The Kier molecular flexibility index (Phi) is 6.87. The molecule has 1 saturated carbocycles. The molecule has 1 aliphatic rings. The Hall–Kier alpha value is -2.17. The molecule has 28 heavy (non-hydrogen) atoms. The van der Waals surface area contributed by atoms with E-state index in [1.54, 1.807) is 0 Å². The smallest absolute Gasteiger partial charge is 0.204 e. The molecule has 0 nitrogen and oxygen atoms in total. The van der Waals surface area contributed by atoms with Gasteiger partial charge in [-0.1, -0.05) is 30.7 Å². The summed E-state index contributed by atoms with van der Waals surface area (Å²) in [5.41, 5.74) is 2.14. The van der Waals surface area contributed by atoms with Gasteiger partial charge in [0.2, 0.25) is 0 Å². The van der Waals surface area contributed by atoms with Crippen molar-refractivity contribution in [3.05, 3.63) is 71.6 Å². The molecule has 0 aliphatic heterocycles. The van der Waals surface area contributed by atoms with Gasteiger partial charge in [-0.2, -0.15) is 8.78 Å². The number of hydrogen-bond donors (Lipinski definition) is 0. The number of benzene rings is 2. The Morgan fingerprint density at radius 3 is 2.04 bits per heavy atom. The van der Waals surface area contributed by atoms with E-state index in [4.69, 9.17) is 0 Å². The van der Waals surface area contributed by atoms with E-state index in [0.29, 0.717) is 29.4 Å². The second kappa shape index (κ2) is 9.35. The fraction of sp³-hybridized carbons (Fsp3) is 0.391. The minimum absolute atomic E-state index is 0.311. The van der Waals surface area contributed by atoms with Crippen LogP contribution >= 0.6 is 0 Å². The summed E-state index contributed by atoms with van der Waals surface area (Å²) in [7, 11) is 0. The molecule has 0 bridgehead atoms. The van der Waals surface area contributed by atoms with Crippen LogP contribution < -0.4 is 0 Å². The van der Waals surface area contributed by atoms with Gasteiger partial charge in [-0.25, -0.2) is 13.2 Å². The standard InChI is InChI=1S/C23H23F5/c24-20-13-19(14-21(25)23(20)28)18-11-9-17(10-12-18)16-7-5-15(6-8-16)3-1-2-4-22(26)27/h4,9-16H,1-3,5-8H2. The van der Waals surface area contributed by atoms with E-state index in [2.05, 4.69) is 0 Å². The van der Waals surface area contributed by atoms with Gasteiger partial charge >= 0.3 is 0 Å². The van der Waals surface area contributed by atoms with Crippen LogP contribution in [0, 0.1) is 23.4 Å². The first-order valence-corrected chi connectivity index (χ1v) is 9.70. The molecule has 2 aromatic rings. The van der Waals surface area contributed by atoms with E-state index < -0.39 is 23.5 Å². The van der Waals surface area contributed by atoms with E-state index in [9.17, 15) is 22.0 Å². The molecule has 0 spiro atoms. The van der Waals surface area contributed by atoms with E-state index in [-0.39, 0.29) is 0 Å². The van der Waals surface area contributed by atoms with Crippen LogP contribution in [0.3, 0.4) is 0 Å². The first kappa shape index (κ1) is 20.6. The highest BCUT2D eigenvalue weighted by atomic mass is 19.3. The molecule has 0 N–H and O–H groups in total. The Bertz CT molecular complexity index is 790. The van der Waals surface area contributed by atoms with Crippen molar-refractivity contribution in [3.8, 4) is 11.1 Å². The van der Waals surface area contributed by atoms with Crippen molar-refractivity contribution < 1.29 is 22.0 Å². The van der Waals surface area contributed by atoms with Crippen LogP contribution in [0.2, 0.25) is 0 Å². The molecule has 5 heteroatoms. The van der Waals surface area contributed by atoms with Crippen LogP contribution in [-0.2, 0) is 0 Å². The zero-order valence-electron chi connectivity index (χ0n) is 15.5. The molecular weight excluding hydrogens is 371 g/mol. The third kappa shape index (κ3) is 5.21. The van der Waals surface area contributed by atoms with Crippen molar-refractivity contribution in [2.45, 2.75) is 50.9 Å². The van der Waals surface area contributed by atoms with Crippen LogP contribution in [0.25, 0.3) is 11.1 Å². The Labute approximate surface area is 162 Å². The van der Waals surface area contributed by atoms with Crippen molar-refractivity contribution >= 4 is 0 Å². The van der Waals surface area contributed by atoms with Crippen LogP contribution in [-0.4, -0.2) is 0 Å². The summed E-state index contributed by atoms with van der Waals surface area (Å²) in [4.78, 5) is 0. The maximum absolute atomic E-state index is 13.4. The highest BCUT2D eigenvalue weighted by molar-refractivity contribution is 5.64. The molecule has 0 unspecified atom stereocenters. The fourth-order valence-electron chi connectivity index (χ4n) is 4.07. The van der Waals surface area contributed by atoms with Crippen LogP contribution in [0.1, 0.15) is 56.4 Å². The van der Waals surface area contributed by atoms with E-state index in [0.717, 1.165) is 56.7 Å². The molecule has 2 aromatic carbocycles. The van der Waals surface area contributed by atoms with Gasteiger partial charge in [0, 0.05) is 0 Å². The van der Waals surface area contributed by atoms with Gasteiger partial charge in [-0.05, 0) is 85.3 Å². The molecule has 1 fully saturated rings. The lowest BCUT2D eigenvalue weighted by molar-refractivity contribution is 0.305. The van der Waals surface area contributed by atoms with Gasteiger partial charge in [-0.15, -0.1) is 0 Å². The summed E-state index contributed by atoms with van der Waals surface area (Å²) < 4.78 is 64.0. The number of hydrogen-bond acceptors (Lipinski definition) is 0. The zero-order chi connectivity index (χ0) is 20.1. The van der Waals surface area contributed by atoms with Gasteiger partial charge in [0.15, 0.2) is 17.5 Å². The molecule has 150 valence electrons. The molecular formula is C23H23F5. The second-order valence-corrected chi connectivity index (χ2v) is 7.52. The number of allylic oxidation sites excluding steroid dienone is 1. The normalized spacial score (nSPS) is 19.5. The molecule has 0 aromatic heterocycles. The maximum Gasteiger partial charge on any atom is 0.266 e. The van der Waals surface area contributed by atoms with Gasteiger partial charge in [0.25, 0.3) is 6.08 Å².